The lowest BCUT2D eigenvalue weighted by molar-refractivity contribution is 0.131. The second-order valence-corrected chi connectivity index (χ2v) is 5.93. The van der Waals surface area contributed by atoms with Crippen molar-refractivity contribution >= 4 is 11.8 Å². The van der Waals surface area contributed by atoms with Crippen molar-refractivity contribution < 1.29 is 23.8 Å². The molecule has 1 aliphatic rings. The van der Waals surface area contributed by atoms with Gasteiger partial charge in [-0.3, -0.25) is 4.90 Å². The van der Waals surface area contributed by atoms with Gasteiger partial charge in [-0.25, -0.2) is 14.2 Å². The van der Waals surface area contributed by atoms with Gasteiger partial charge in [0.15, 0.2) is 0 Å². The Labute approximate surface area is 144 Å². The molecule has 1 N–H and O–H groups in total. The topological polar surface area (TPSA) is 71.9 Å². The highest BCUT2D eigenvalue weighted by molar-refractivity contribution is 5.89. The van der Waals surface area contributed by atoms with Crippen LogP contribution in [0.5, 0.6) is 5.88 Å². The molecule has 1 atom stereocenters. The Morgan fingerprint density at radius 1 is 1.44 bits per heavy atom. The molecule has 0 aliphatic carbocycles. The van der Waals surface area contributed by atoms with Crippen LogP contribution in [0.3, 0.4) is 0 Å². The molecule has 3 rings (SSSR count). The van der Waals surface area contributed by atoms with Crippen molar-refractivity contribution in [1.29, 1.82) is 0 Å². The van der Waals surface area contributed by atoms with Gasteiger partial charge in [0.2, 0.25) is 5.88 Å². The summed E-state index contributed by atoms with van der Waals surface area (Å²) in [7, 11) is 1.52. The van der Waals surface area contributed by atoms with Crippen LogP contribution in [-0.2, 0) is 11.2 Å². The molecule has 2 aromatic rings. The molecule has 2 heterocycles. The normalized spacial score (nSPS) is 16.3. The fraction of sp³-hybridized carbons (Fsp3) is 0.333. The van der Waals surface area contributed by atoms with Gasteiger partial charge >= 0.3 is 6.09 Å². The Balaban J connectivity index is 1.97. The van der Waals surface area contributed by atoms with Crippen LogP contribution in [0, 0.1) is 12.7 Å². The van der Waals surface area contributed by atoms with Crippen molar-refractivity contribution in [3.63, 3.8) is 0 Å². The first-order chi connectivity index (χ1) is 12.0. The predicted molar refractivity (Wildman–Crippen MR) is 89.8 cm³/mol. The molecular formula is C18H19FN2O4. The van der Waals surface area contributed by atoms with Crippen LogP contribution in [0.15, 0.2) is 30.3 Å². The van der Waals surface area contributed by atoms with Crippen molar-refractivity contribution in [2.24, 2.45) is 0 Å². The number of carboxylic acid groups (broad SMARTS) is 1. The number of rotatable bonds is 4. The molecule has 7 heteroatoms. The molecule has 0 bridgehead atoms. The number of anilines is 1. The van der Waals surface area contributed by atoms with E-state index >= 15 is 0 Å². The molecule has 0 radical (unpaired) electrons. The molecule has 25 heavy (non-hydrogen) atoms. The summed E-state index contributed by atoms with van der Waals surface area (Å²) < 4.78 is 23.8. The zero-order chi connectivity index (χ0) is 18.0. The van der Waals surface area contributed by atoms with E-state index in [0.29, 0.717) is 18.0 Å². The third-order valence-corrected chi connectivity index (χ3v) is 4.17. The largest absolute Gasteiger partial charge is 0.474 e. The highest BCUT2D eigenvalue weighted by atomic mass is 19.1. The molecule has 132 valence electrons. The molecular weight excluding hydrogens is 327 g/mol. The number of aryl methyl sites for hydroxylation is 1. The average Bonchev–Trinajstić information content (AvgIpc) is 2.57. The first-order valence-electron chi connectivity index (χ1n) is 7.88. The van der Waals surface area contributed by atoms with Crippen LogP contribution in [0.2, 0.25) is 0 Å². The number of amides is 1. The zero-order valence-corrected chi connectivity index (χ0v) is 14.0. The number of aromatic nitrogens is 1. The molecule has 1 aromatic heterocycles. The van der Waals surface area contributed by atoms with Crippen molar-refractivity contribution in [2.45, 2.75) is 19.4 Å². The molecule has 0 spiro atoms. The van der Waals surface area contributed by atoms with Crippen molar-refractivity contribution in [1.82, 2.24) is 4.98 Å². The first kappa shape index (κ1) is 17.2. The summed E-state index contributed by atoms with van der Waals surface area (Å²) >= 11 is 0. The van der Waals surface area contributed by atoms with E-state index in [9.17, 15) is 14.3 Å². The minimum Gasteiger partial charge on any atom is -0.474 e. The van der Waals surface area contributed by atoms with Gasteiger partial charge in [-0.1, -0.05) is 12.1 Å². The van der Waals surface area contributed by atoms with Gasteiger partial charge in [0.1, 0.15) is 18.1 Å². The summed E-state index contributed by atoms with van der Waals surface area (Å²) in [6.07, 6.45) is -0.556. The number of nitrogens with zero attached hydrogens (tertiary/aromatic N) is 2. The number of methoxy groups -OCH3 is 1. The second-order valence-electron chi connectivity index (χ2n) is 5.93. The fourth-order valence-corrected chi connectivity index (χ4v) is 2.91. The van der Waals surface area contributed by atoms with Crippen LogP contribution in [0.4, 0.5) is 14.9 Å². The van der Waals surface area contributed by atoms with Crippen LogP contribution >= 0.6 is 0 Å². The van der Waals surface area contributed by atoms with Gasteiger partial charge in [0.05, 0.1) is 12.6 Å². The number of benzene rings is 1. The highest BCUT2D eigenvalue weighted by Crippen LogP contribution is 2.34. The molecule has 1 aromatic carbocycles. The number of hydrogen-bond donors (Lipinski definition) is 1. The van der Waals surface area contributed by atoms with Crippen molar-refractivity contribution in [3.8, 4) is 5.88 Å². The number of fused-ring (bicyclic) bond motifs is 1. The summed E-state index contributed by atoms with van der Waals surface area (Å²) in [5, 5.41) is 9.61. The van der Waals surface area contributed by atoms with E-state index < -0.39 is 12.1 Å². The van der Waals surface area contributed by atoms with E-state index in [0.717, 1.165) is 16.8 Å². The summed E-state index contributed by atoms with van der Waals surface area (Å²) in [4.78, 5) is 17.4. The summed E-state index contributed by atoms with van der Waals surface area (Å²) in [5.41, 5.74) is 2.93. The number of ether oxygens (including phenoxy) is 2. The van der Waals surface area contributed by atoms with E-state index in [-0.39, 0.29) is 19.0 Å². The summed E-state index contributed by atoms with van der Waals surface area (Å²) in [5.74, 6) is 0.00649. The predicted octanol–water partition coefficient (Wildman–Crippen LogP) is 3.01. The monoisotopic (exact) mass is 346 g/mol. The maximum atomic E-state index is 13.1. The SMILES string of the molecule is COC[C@H]1COc2nc(C)c(Cc3ccc(F)cc3)cc2N1C(=O)O. The molecule has 1 amide bonds. The first-order valence-corrected chi connectivity index (χ1v) is 7.88. The Hall–Kier alpha value is -2.67. The Morgan fingerprint density at radius 2 is 2.16 bits per heavy atom. The van der Waals surface area contributed by atoms with Crippen molar-refractivity contribution in [3.05, 3.63) is 53.0 Å². The minimum atomic E-state index is -1.08. The quantitative estimate of drug-likeness (QED) is 0.921. The van der Waals surface area contributed by atoms with E-state index in [1.54, 1.807) is 18.2 Å². The lowest BCUT2D eigenvalue weighted by atomic mass is 10.0. The van der Waals surface area contributed by atoms with Gasteiger partial charge < -0.3 is 14.6 Å². The third-order valence-electron chi connectivity index (χ3n) is 4.17. The van der Waals surface area contributed by atoms with Gasteiger partial charge in [-0.15, -0.1) is 0 Å². The summed E-state index contributed by atoms with van der Waals surface area (Å²) in [6.45, 7) is 2.26. The standard InChI is InChI=1S/C18H19FN2O4/c1-11-13(7-12-3-5-14(19)6-4-12)8-16-17(20-11)25-10-15(9-24-2)21(16)18(22)23/h3-6,8,15H,7,9-10H2,1-2H3,(H,22,23)/t15-/m0/s1. The van der Waals surface area contributed by atoms with E-state index in [4.69, 9.17) is 9.47 Å². The van der Waals surface area contributed by atoms with Crippen LogP contribution in [-0.4, -0.2) is 42.5 Å². The fourth-order valence-electron chi connectivity index (χ4n) is 2.91. The molecule has 6 nitrogen and oxygen atoms in total. The maximum Gasteiger partial charge on any atom is 0.412 e. The lowest BCUT2D eigenvalue weighted by Gasteiger charge is -2.34. The number of pyridine rings is 1. The van der Waals surface area contributed by atoms with Gasteiger partial charge in [0, 0.05) is 12.8 Å². The number of carbonyl (C=O) groups is 1. The third kappa shape index (κ3) is 3.56. The van der Waals surface area contributed by atoms with E-state index in [2.05, 4.69) is 4.98 Å². The Morgan fingerprint density at radius 3 is 2.80 bits per heavy atom. The second kappa shape index (κ2) is 7.06. The lowest BCUT2D eigenvalue weighted by Crippen LogP contribution is -2.49. The van der Waals surface area contributed by atoms with Crippen LogP contribution < -0.4 is 9.64 Å². The number of hydrogen-bond acceptors (Lipinski definition) is 4. The Kier molecular flexibility index (Phi) is 4.85. The van der Waals surface area contributed by atoms with Crippen LogP contribution in [0.1, 0.15) is 16.8 Å². The van der Waals surface area contributed by atoms with E-state index in [1.165, 1.54) is 24.1 Å². The number of halogens is 1. The Bertz CT molecular complexity index is 779. The molecule has 1 aliphatic heterocycles. The molecule has 0 saturated carbocycles. The zero-order valence-electron chi connectivity index (χ0n) is 14.0. The molecule has 0 unspecified atom stereocenters. The van der Waals surface area contributed by atoms with Gasteiger partial charge in [-0.05, 0) is 42.7 Å². The molecule has 0 saturated heterocycles. The highest BCUT2D eigenvalue weighted by Gasteiger charge is 2.34. The van der Waals surface area contributed by atoms with E-state index in [1.807, 2.05) is 6.92 Å². The molecule has 0 fully saturated rings. The van der Waals surface area contributed by atoms with Crippen molar-refractivity contribution in [2.75, 3.05) is 25.2 Å². The smallest absolute Gasteiger partial charge is 0.412 e. The van der Waals surface area contributed by atoms with Gasteiger partial charge in [0.25, 0.3) is 0 Å². The average molecular weight is 346 g/mol. The minimum absolute atomic E-state index is 0.191. The summed E-state index contributed by atoms with van der Waals surface area (Å²) in [6, 6.07) is 7.55. The van der Waals surface area contributed by atoms with Gasteiger partial charge in [-0.2, -0.15) is 0 Å². The maximum absolute atomic E-state index is 13.1. The van der Waals surface area contributed by atoms with Crippen LogP contribution in [0.25, 0.3) is 0 Å².